The zero-order valence-electron chi connectivity index (χ0n) is 25.6. The number of fused-ring (bicyclic) bond motifs is 7. The normalized spacial score (nSPS) is 11.8. The van der Waals surface area contributed by atoms with Gasteiger partial charge >= 0.3 is 0 Å². The maximum absolute atomic E-state index is 6.65. The van der Waals surface area contributed by atoms with Crippen LogP contribution in [0.4, 0.5) is 0 Å². The molecule has 47 heavy (non-hydrogen) atoms. The minimum atomic E-state index is 0.902. The Kier molecular flexibility index (Phi) is 5.64. The summed E-state index contributed by atoms with van der Waals surface area (Å²) in [5.41, 5.74) is 9.12. The lowest BCUT2D eigenvalue weighted by Gasteiger charge is -2.18. The summed E-state index contributed by atoms with van der Waals surface area (Å²) in [6, 6.07) is 61.5. The summed E-state index contributed by atoms with van der Waals surface area (Å²) in [7, 11) is 0. The lowest BCUT2D eigenvalue weighted by atomic mass is 9.84. The number of rotatable bonds is 3. The molecule has 218 valence electrons. The van der Waals surface area contributed by atoms with Gasteiger partial charge in [0.15, 0.2) is 0 Å². The van der Waals surface area contributed by atoms with E-state index in [9.17, 15) is 0 Å². The van der Waals surface area contributed by atoms with Crippen molar-refractivity contribution in [2.45, 2.75) is 0 Å². The maximum atomic E-state index is 6.65. The first-order valence-corrected chi connectivity index (χ1v) is 16.2. The zero-order chi connectivity index (χ0) is 30.9. The van der Waals surface area contributed by atoms with E-state index >= 15 is 0 Å². The van der Waals surface area contributed by atoms with Crippen LogP contribution in [0.3, 0.4) is 0 Å². The maximum Gasteiger partial charge on any atom is 0.136 e. The fraction of sp³-hybridized carbons (Fsp3) is 0. The average Bonchev–Trinajstić information content (AvgIpc) is 3.52. The average molecular weight is 597 g/mol. The Labute approximate surface area is 271 Å². The van der Waals surface area contributed by atoms with Crippen molar-refractivity contribution in [3.63, 3.8) is 0 Å². The van der Waals surface area contributed by atoms with Crippen molar-refractivity contribution < 1.29 is 4.42 Å². The third kappa shape index (κ3) is 3.97. The summed E-state index contributed by atoms with van der Waals surface area (Å²) in [5.74, 6) is 0. The third-order valence-corrected chi connectivity index (χ3v) is 9.84. The van der Waals surface area contributed by atoms with E-state index in [1.165, 1.54) is 70.9 Å². The Morgan fingerprint density at radius 2 is 0.872 bits per heavy atom. The molecule has 0 aliphatic heterocycles. The van der Waals surface area contributed by atoms with Crippen LogP contribution in [-0.4, -0.2) is 0 Å². The molecule has 0 bridgehead atoms. The van der Waals surface area contributed by atoms with Crippen molar-refractivity contribution in [3.8, 4) is 33.4 Å². The van der Waals surface area contributed by atoms with Gasteiger partial charge in [-0.3, -0.25) is 0 Å². The molecule has 0 amide bonds. The van der Waals surface area contributed by atoms with Gasteiger partial charge in [0.25, 0.3) is 0 Å². The van der Waals surface area contributed by atoms with Gasteiger partial charge in [-0.05, 0) is 101 Å². The van der Waals surface area contributed by atoms with E-state index in [1.54, 1.807) is 0 Å². The van der Waals surface area contributed by atoms with E-state index in [0.717, 1.165) is 27.5 Å². The molecule has 0 aliphatic carbocycles. The first-order valence-electron chi connectivity index (χ1n) is 16.2. The Bertz CT molecular complexity index is 2790. The highest BCUT2D eigenvalue weighted by Crippen LogP contribution is 2.47. The van der Waals surface area contributed by atoms with Gasteiger partial charge in [-0.15, -0.1) is 0 Å². The molecule has 0 radical (unpaired) electrons. The van der Waals surface area contributed by atoms with Gasteiger partial charge in [0.1, 0.15) is 11.2 Å². The fourth-order valence-corrected chi connectivity index (χ4v) is 7.75. The Morgan fingerprint density at radius 3 is 1.64 bits per heavy atom. The molecule has 9 aromatic carbocycles. The molecule has 1 nitrogen and oxygen atoms in total. The quantitative estimate of drug-likeness (QED) is 0.185. The summed E-state index contributed by atoms with van der Waals surface area (Å²) >= 11 is 0. The molecule has 0 aliphatic rings. The molecular formula is C46H28O. The van der Waals surface area contributed by atoms with Crippen molar-refractivity contribution in [3.05, 3.63) is 170 Å². The summed E-state index contributed by atoms with van der Waals surface area (Å²) in [6.45, 7) is 0. The van der Waals surface area contributed by atoms with Gasteiger partial charge in [-0.1, -0.05) is 146 Å². The minimum absolute atomic E-state index is 0.902. The van der Waals surface area contributed by atoms with Gasteiger partial charge in [0, 0.05) is 10.8 Å². The van der Waals surface area contributed by atoms with Crippen LogP contribution in [0.15, 0.2) is 174 Å². The van der Waals surface area contributed by atoms with Crippen molar-refractivity contribution in [1.29, 1.82) is 0 Å². The first-order chi connectivity index (χ1) is 23.3. The minimum Gasteiger partial charge on any atom is -0.456 e. The molecule has 10 rings (SSSR count). The molecular weight excluding hydrogens is 569 g/mol. The molecule has 0 fully saturated rings. The highest BCUT2D eigenvalue weighted by Gasteiger charge is 2.20. The van der Waals surface area contributed by atoms with E-state index in [0.29, 0.717) is 0 Å². The van der Waals surface area contributed by atoms with Gasteiger partial charge in [-0.2, -0.15) is 0 Å². The molecule has 0 saturated heterocycles. The van der Waals surface area contributed by atoms with Crippen molar-refractivity contribution in [2.75, 3.05) is 0 Å². The highest BCUT2D eigenvalue weighted by molar-refractivity contribution is 6.26. The van der Waals surface area contributed by atoms with Crippen LogP contribution in [0, 0.1) is 0 Å². The predicted molar refractivity (Wildman–Crippen MR) is 200 cm³/mol. The second kappa shape index (κ2) is 10.2. The van der Waals surface area contributed by atoms with E-state index in [-0.39, 0.29) is 0 Å². The molecule has 1 heteroatoms. The Morgan fingerprint density at radius 1 is 0.298 bits per heavy atom. The summed E-state index contributed by atoms with van der Waals surface area (Å²) in [6.07, 6.45) is 0. The van der Waals surface area contributed by atoms with E-state index < -0.39 is 0 Å². The van der Waals surface area contributed by atoms with Crippen LogP contribution < -0.4 is 0 Å². The Hall–Kier alpha value is -6.18. The molecule has 10 aromatic rings. The smallest absolute Gasteiger partial charge is 0.136 e. The molecule has 0 spiro atoms. The third-order valence-electron chi connectivity index (χ3n) is 9.84. The van der Waals surface area contributed by atoms with Crippen molar-refractivity contribution >= 4 is 65.0 Å². The van der Waals surface area contributed by atoms with E-state index in [1.807, 2.05) is 0 Å². The predicted octanol–water partition coefficient (Wildman–Crippen LogP) is 13.2. The van der Waals surface area contributed by atoms with Gasteiger partial charge < -0.3 is 4.42 Å². The van der Waals surface area contributed by atoms with Crippen LogP contribution in [0.2, 0.25) is 0 Å². The zero-order valence-corrected chi connectivity index (χ0v) is 25.6. The van der Waals surface area contributed by atoms with E-state index in [4.69, 9.17) is 4.42 Å². The second-order valence-corrected chi connectivity index (χ2v) is 12.4. The second-order valence-electron chi connectivity index (χ2n) is 12.4. The number of benzene rings is 9. The monoisotopic (exact) mass is 596 g/mol. The van der Waals surface area contributed by atoms with Crippen LogP contribution in [0.25, 0.3) is 98.4 Å². The SMILES string of the molecule is c1ccc2cc(-c3c4ccccc4c(-c4cccc5oc6cc(-c7cccc8ccccc78)ccc6c45)c4ccccc34)ccc2c1. The molecule has 0 atom stereocenters. The number of hydrogen-bond acceptors (Lipinski definition) is 1. The lowest BCUT2D eigenvalue weighted by molar-refractivity contribution is 0.669. The van der Waals surface area contributed by atoms with E-state index in [2.05, 4.69) is 170 Å². The fourth-order valence-electron chi connectivity index (χ4n) is 7.75. The first kappa shape index (κ1) is 26.1. The molecule has 1 aromatic heterocycles. The molecule has 0 saturated carbocycles. The van der Waals surface area contributed by atoms with Crippen LogP contribution >= 0.6 is 0 Å². The van der Waals surface area contributed by atoms with Crippen molar-refractivity contribution in [1.82, 2.24) is 0 Å². The van der Waals surface area contributed by atoms with Gasteiger partial charge in [0.2, 0.25) is 0 Å². The number of furan rings is 1. The highest BCUT2D eigenvalue weighted by atomic mass is 16.3. The van der Waals surface area contributed by atoms with Crippen molar-refractivity contribution in [2.24, 2.45) is 0 Å². The summed E-state index contributed by atoms with van der Waals surface area (Å²) in [5, 5.41) is 12.3. The Balaban J connectivity index is 1.25. The van der Waals surface area contributed by atoms with Gasteiger partial charge in [-0.25, -0.2) is 0 Å². The van der Waals surface area contributed by atoms with Crippen LogP contribution in [-0.2, 0) is 0 Å². The van der Waals surface area contributed by atoms with Crippen LogP contribution in [0.5, 0.6) is 0 Å². The lowest BCUT2D eigenvalue weighted by Crippen LogP contribution is -1.91. The largest absolute Gasteiger partial charge is 0.456 e. The number of hydrogen-bond donors (Lipinski definition) is 0. The molecule has 0 unspecified atom stereocenters. The van der Waals surface area contributed by atoms with Crippen LogP contribution in [0.1, 0.15) is 0 Å². The molecule has 1 heterocycles. The summed E-state index contributed by atoms with van der Waals surface area (Å²) in [4.78, 5) is 0. The molecule has 0 N–H and O–H groups in total. The van der Waals surface area contributed by atoms with Gasteiger partial charge in [0.05, 0.1) is 0 Å². The standard InChI is InChI=1S/C46H28O/c1-2-13-31-27-33(24-23-29(31)11-1)44-36-16-5-7-18-38(36)45(39-19-8-6-17-37(39)44)41-21-10-22-42-46(41)40-26-25-32(28-43(40)47-42)35-20-9-14-30-12-3-4-15-34(30)35/h1-28H. The topological polar surface area (TPSA) is 13.1 Å². The summed E-state index contributed by atoms with van der Waals surface area (Å²) < 4.78 is 6.65.